The van der Waals surface area contributed by atoms with E-state index in [1.807, 2.05) is 16.7 Å². The Morgan fingerprint density at radius 1 is 0.833 bits per heavy atom. The molecule has 0 bridgehead atoms. The standard InChI is InChI=1S/C24H24FN3O2/c1-24(2,3)16-8-6-15(7-9-16)21-20-19(26(4)23(30)27(5)22(20)29)14-28(21)18-12-10-17(25)11-13-18/h6-14H,1-5H3. The van der Waals surface area contributed by atoms with Crippen molar-refractivity contribution in [1.29, 1.82) is 0 Å². The minimum atomic E-state index is -0.390. The number of aryl methyl sites for hydroxylation is 1. The largest absolute Gasteiger partial charge is 0.330 e. The lowest BCUT2D eigenvalue weighted by molar-refractivity contribution is 0.590. The van der Waals surface area contributed by atoms with Crippen LogP contribution in [0.25, 0.3) is 27.8 Å². The fourth-order valence-corrected chi connectivity index (χ4v) is 3.76. The van der Waals surface area contributed by atoms with E-state index in [0.29, 0.717) is 22.3 Å². The predicted octanol–water partition coefficient (Wildman–Crippen LogP) is 4.13. The second-order valence-corrected chi connectivity index (χ2v) is 8.62. The molecule has 0 saturated heterocycles. The zero-order chi connectivity index (χ0) is 21.8. The van der Waals surface area contributed by atoms with Crippen LogP contribution in [0.5, 0.6) is 0 Å². The molecule has 154 valence electrons. The first-order chi connectivity index (χ1) is 14.1. The number of fused-ring (bicyclic) bond motifs is 1. The summed E-state index contributed by atoms with van der Waals surface area (Å²) >= 11 is 0. The van der Waals surface area contributed by atoms with E-state index in [0.717, 1.165) is 10.1 Å². The molecule has 4 rings (SSSR count). The van der Waals surface area contributed by atoms with E-state index < -0.39 is 5.69 Å². The van der Waals surface area contributed by atoms with Gasteiger partial charge in [0.1, 0.15) is 5.82 Å². The summed E-state index contributed by atoms with van der Waals surface area (Å²) in [7, 11) is 3.12. The molecule has 2 aromatic carbocycles. The number of rotatable bonds is 2. The molecule has 0 atom stereocenters. The summed E-state index contributed by atoms with van der Waals surface area (Å²) in [6.07, 6.45) is 1.76. The van der Waals surface area contributed by atoms with E-state index in [4.69, 9.17) is 0 Å². The average molecular weight is 405 g/mol. The molecule has 2 aromatic heterocycles. The van der Waals surface area contributed by atoms with Crippen molar-refractivity contribution in [3.05, 3.63) is 86.9 Å². The van der Waals surface area contributed by atoms with E-state index in [-0.39, 0.29) is 16.8 Å². The highest BCUT2D eigenvalue weighted by atomic mass is 19.1. The van der Waals surface area contributed by atoms with Crippen LogP contribution in [0.4, 0.5) is 4.39 Å². The summed E-state index contributed by atoms with van der Waals surface area (Å²) in [5.74, 6) is -0.338. The Labute approximate surface area is 173 Å². The maximum atomic E-state index is 13.5. The molecule has 6 heteroatoms. The smallest absolute Gasteiger partial charge is 0.314 e. The van der Waals surface area contributed by atoms with Gasteiger partial charge in [-0.05, 0) is 40.8 Å². The van der Waals surface area contributed by atoms with Crippen molar-refractivity contribution in [2.45, 2.75) is 26.2 Å². The van der Waals surface area contributed by atoms with Crippen molar-refractivity contribution in [2.24, 2.45) is 14.1 Å². The maximum Gasteiger partial charge on any atom is 0.330 e. The molecule has 0 aliphatic rings. The van der Waals surface area contributed by atoms with Crippen LogP contribution >= 0.6 is 0 Å². The molecule has 0 spiro atoms. The van der Waals surface area contributed by atoms with Crippen molar-refractivity contribution in [1.82, 2.24) is 13.7 Å². The first-order valence-electron chi connectivity index (χ1n) is 9.77. The van der Waals surface area contributed by atoms with Gasteiger partial charge in [0, 0.05) is 26.0 Å². The Balaban J connectivity index is 2.10. The van der Waals surface area contributed by atoms with Gasteiger partial charge in [0.25, 0.3) is 5.56 Å². The van der Waals surface area contributed by atoms with E-state index in [9.17, 15) is 14.0 Å². The van der Waals surface area contributed by atoms with E-state index in [1.165, 1.54) is 29.3 Å². The molecule has 4 aromatic rings. The number of nitrogens with zero attached hydrogens (tertiary/aromatic N) is 3. The SMILES string of the molecule is Cn1c(=O)c2c(-c3ccc(C(C)(C)C)cc3)n(-c3ccc(F)cc3)cc2n(C)c1=O. The summed E-state index contributed by atoms with van der Waals surface area (Å²) in [5.41, 5.74) is 3.18. The molecule has 0 amide bonds. The van der Waals surface area contributed by atoms with Gasteiger partial charge in [0.15, 0.2) is 0 Å². The minimum absolute atomic E-state index is 0.000414. The lowest BCUT2D eigenvalue weighted by atomic mass is 9.86. The van der Waals surface area contributed by atoms with Crippen LogP contribution in [0.1, 0.15) is 26.3 Å². The summed E-state index contributed by atoms with van der Waals surface area (Å²) in [4.78, 5) is 25.6. The van der Waals surface area contributed by atoms with Gasteiger partial charge < -0.3 is 4.57 Å². The summed E-state index contributed by atoms with van der Waals surface area (Å²) < 4.78 is 17.9. The third-order valence-corrected chi connectivity index (χ3v) is 5.57. The normalized spacial score (nSPS) is 11.9. The average Bonchev–Trinajstić information content (AvgIpc) is 3.11. The highest BCUT2D eigenvalue weighted by Crippen LogP contribution is 2.32. The van der Waals surface area contributed by atoms with E-state index in [1.54, 1.807) is 25.4 Å². The van der Waals surface area contributed by atoms with Gasteiger partial charge in [-0.15, -0.1) is 0 Å². The highest BCUT2D eigenvalue weighted by molar-refractivity contribution is 5.94. The Morgan fingerprint density at radius 3 is 2.00 bits per heavy atom. The monoisotopic (exact) mass is 405 g/mol. The minimum Gasteiger partial charge on any atom is -0.314 e. The van der Waals surface area contributed by atoms with Crippen LogP contribution in [0.2, 0.25) is 0 Å². The maximum absolute atomic E-state index is 13.5. The molecule has 0 saturated carbocycles. The van der Waals surface area contributed by atoms with Crippen LogP contribution in [-0.2, 0) is 19.5 Å². The molecular formula is C24H24FN3O2. The Morgan fingerprint density at radius 2 is 1.43 bits per heavy atom. The van der Waals surface area contributed by atoms with Crippen molar-refractivity contribution in [3.63, 3.8) is 0 Å². The van der Waals surface area contributed by atoms with Crippen LogP contribution in [0, 0.1) is 5.82 Å². The van der Waals surface area contributed by atoms with Crippen molar-refractivity contribution < 1.29 is 4.39 Å². The van der Waals surface area contributed by atoms with Gasteiger partial charge in [-0.2, -0.15) is 0 Å². The third kappa shape index (κ3) is 3.09. The fraction of sp³-hybridized carbons (Fsp3) is 0.250. The van der Waals surface area contributed by atoms with Crippen LogP contribution in [0.15, 0.2) is 64.3 Å². The number of aromatic nitrogens is 3. The number of hydrogen-bond donors (Lipinski definition) is 0. The zero-order valence-electron chi connectivity index (χ0n) is 17.7. The number of hydrogen-bond acceptors (Lipinski definition) is 2. The van der Waals surface area contributed by atoms with Gasteiger partial charge in [0.2, 0.25) is 0 Å². The summed E-state index contributed by atoms with van der Waals surface area (Å²) in [6, 6.07) is 14.1. The van der Waals surface area contributed by atoms with Gasteiger partial charge in [-0.3, -0.25) is 13.9 Å². The van der Waals surface area contributed by atoms with Gasteiger partial charge in [-0.25, -0.2) is 9.18 Å². The molecule has 30 heavy (non-hydrogen) atoms. The van der Waals surface area contributed by atoms with E-state index >= 15 is 0 Å². The van der Waals surface area contributed by atoms with Crippen molar-refractivity contribution >= 4 is 10.9 Å². The first kappa shape index (κ1) is 19.9. The molecule has 0 N–H and O–H groups in total. The molecule has 0 fully saturated rings. The fourth-order valence-electron chi connectivity index (χ4n) is 3.76. The van der Waals surface area contributed by atoms with Crippen LogP contribution < -0.4 is 11.2 Å². The van der Waals surface area contributed by atoms with Crippen LogP contribution in [-0.4, -0.2) is 13.7 Å². The lowest BCUT2D eigenvalue weighted by Gasteiger charge is -2.19. The summed E-state index contributed by atoms with van der Waals surface area (Å²) in [6.45, 7) is 6.43. The molecule has 5 nitrogen and oxygen atoms in total. The van der Waals surface area contributed by atoms with Crippen LogP contribution in [0.3, 0.4) is 0 Å². The molecule has 0 radical (unpaired) electrons. The van der Waals surface area contributed by atoms with Crippen molar-refractivity contribution in [3.8, 4) is 16.9 Å². The molecule has 0 aliphatic heterocycles. The van der Waals surface area contributed by atoms with Gasteiger partial charge in [0.05, 0.1) is 16.6 Å². The second kappa shape index (κ2) is 6.83. The van der Waals surface area contributed by atoms with Crippen molar-refractivity contribution in [2.75, 3.05) is 0 Å². The Hall–Kier alpha value is -3.41. The Kier molecular flexibility index (Phi) is 4.53. The molecule has 0 aliphatic carbocycles. The highest BCUT2D eigenvalue weighted by Gasteiger charge is 2.21. The number of halogens is 1. The molecule has 2 heterocycles. The lowest BCUT2D eigenvalue weighted by Crippen LogP contribution is -2.36. The van der Waals surface area contributed by atoms with Gasteiger partial charge in [-0.1, -0.05) is 45.0 Å². The number of benzene rings is 2. The quantitative estimate of drug-likeness (QED) is 0.503. The predicted molar refractivity (Wildman–Crippen MR) is 118 cm³/mol. The first-order valence-corrected chi connectivity index (χ1v) is 9.77. The Bertz CT molecular complexity index is 1370. The summed E-state index contributed by atoms with van der Waals surface area (Å²) in [5, 5.41) is 0.451. The topological polar surface area (TPSA) is 48.9 Å². The zero-order valence-corrected chi connectivity index (χ0v) is 17.7. The van der Waals surface area contributed by atoms with Gasteiger partial charge >= 0.3 is 5.69 Å². The second-order valence-electron chi connectivity index (χ2n) is 8.62. The molecule has 0 unspecified atom stereocenters. The molecular weight excluding hydrogens is 381 g/mol. The van der Waals surface area contributed by atoms with E-state index in [2.05, 4.69) is 32.9 Å². The third-order valence-electron chi connectivity index (χ3n) is 5.57.